The number of aromatic nitrogens is 3. The number of hydrogen-bond acceptors (Lipinski definition) is 6. The van der Waals surface area contributed by atoms with Gasteiger partial charge in [0.25, 0.3) is 0 Å². The summed E-state index contributed by atoms with van der Waals surface area (Å²) >= 11 is 1.46. The van der Waals surface area contributed by atoms with Gasteiger partial charge in [-0.15, -0.1) is 5.10 Å². The lowest BCUT2D eigenvalue weighted by Gasteiger charge is -2.10. The summed E-state index contributed by atoms with van der Waals surface area (Å²) in [5.74, 6) is 2.82. The standard InChI is InChI=1S/C22H25N3O3S/c1-27-20-11-7-16(8-12-20)13-28-14-19(26)15-29-22-23-21(17-9-10-17)25(24-22)18-5-3-2-4-6-18/h2-8,11-12,17,19,26H,9-10,13-15H2,1H3/t19-/m1/s1. The van der Waals surface area contributed by atoms with E-state index in [0.29, 0.717) is 23.4 Å². The molecule has 152 valence electrons. The number of benzene rings is 2. The van der Waals surface area contributed by atoms with Crippen LogP contribution in [-0.2, 0) is 11.3 Å². The van der Waals surface area contributed by atoms with E-state index in [1.165, 1.54) is 11.8 Å². The normalized spacial score (nSPS) is 14.7. The second-order valence-electron chi connectivity index (χ2n) is 7.10. The summed E-state index contributed by atoms with van der Waals surface area (Å²) < 4.78 is 12.7. The lowest BCUT2D eigenvalue weighted by Crippen LogP contribution is -2.18. The van der Waals surface area contributed by atoms with Crippen molar-refractivity contribution in [3.8, 4) is 11.4 Å². The molecule has 1 aromatic heterocycles. The Morgan fingerprint density at radius 2 is 1.90 bits per heavy atom. The number of aliphatic hydroxyl groups is 1. The molecule has 1 aliphatic rings. The van der Waals surface area contributed by atoms with Crippen LogP contribution in [0.25, 0.3) is 5.69 Å². The van der Waals surface area contributed by atoms with Gasteiger partial charge in [-0.1, -0.05) is 42.1 Å². The molecule has 0 amide bonds. The largest absolute Gasteiger partial charge is 0.497 e. The lowest BCUT2D eigenvalue weighted by atomic mass is 10.2. The van der Waals surface area contributed by atoms with Crippen molar-refractivity contribution in [2.75, 3.05) is 19.5 Å². The molecular formula is C22H25N3O3S. The van der Waals surface area contributed by atoms with Gasteiger partial charge in [0.1, 0.15) is 11.6 Å². The Balaban J connectivity index is 1.28. The Morgan fingerprint density at radius 1 is 1.14 bits per heavy atom. The summed E-state index contributed by atoms with van der Waals surface area (Å²) in [6.07, 6.45) is 1.75. The van der Waals surface area contributed by atoms with E-state index in [4.69, 9.17) is 14.5 Å². The van der Waals surface area contributed by atoms with Crippen LogP contribution in [0, 0.1) is 0 Å². The SMILES string of the molecule is COc1ccc(COC[C@@H](O)CSc2nc(C3CC3)n(-c3ccccc3)n2)cc1. The van der Waals surface area contributed by atoms with Crippen LogP contribution in [0.3, 0.4) is 0 Å². The zero-order valence-electron chi connectivity index (χ0n) is 16.4. The van der Waals surface area contributed by atoms with E-state index in [1.54, 1.807) is 7.11 Å². The number of para-hydroxylation sites is 1. The van der Waals surface area contributed by atoms with Crippen LogP contribution in [0.2, 0.25) is 0 Å². The highest BCUT2D eigenvalue weighted by molar-refractivity contribution is 7.99. The fourth-order valence-corrected chi connectivity index (χ4v) is 3.72. The summed E-state index contributed by atoms with van der Waals surface area (Å²) in [6, 6.07) is 17.8. The zero-order chi connectivity index (χ0) is 20.1. The zero-order valence-corrected chi connectivity index (χ0v) is 17.2. The van der Waals surface area contributed by atoms with Gasteiger partial charge >= 0.3 is 0 Å². The fourth-order valence-electron chi connectivity index (χ4n) is 2.98. The molecule has 0 unspecified atom stereocenters. The Bertz CT molecular complexity index is 911. The maximum Gasteiger partial charge on any atom is 0.209 e. The first-order valence-corrected chi connectivity index (χ1v) is 10.8. The van der Waals surface area contributed by atoms with Crippen molar-refractivity contribution in [3.63, 3.8) is 0 Å². The first kappa shape index (κ1) is 19.9. The van der Waals surface area contributed by atoms with Gasteiger partial charge in [0, 0.05) is 11.7 Å². The number of ether oxygens (including phenoxy) is 2. The van der Waals surface area contributed by atoms with Crippen molar-refractivity contribution in [1.82, 2.24) is 14.8 Å². The molecule has 0 bridgehead atoms. The van der Waals surface area contributed by atoms with Crippen LogP contribution < -0.4 is 4.74 Å². The summed E-state index contributed by atoms with van der Waals surface area (Å²) in [7, 11) is 1.64. The van der Waals surface area contributed by atoms with Crippen molar-refractivity contribution in [3.05, 3.63) is 66.0 Å². The van der Waals surface area contributed by atoms with Gasteiger partial charge in [0.2, 0.25) is 5.16 Å². The van der Waals surface area contributed by atoms with E-state index in [1.807, 2.05) is 59.3 Å². The van der Waals surface area contributed by atoms with Gasteiger partial charge < -0.3 is 14.6 Å². The van der Waals surface area contributed by atoms with Crippen molar-refractivity contribution in [2.24, 2.45) is 0 Å². The van der Waals surface area contributed by atoms with Gasteiger partial charge in [-0.25, -0.2) is 9.67 Å². The second kappa shape index (κ2) is 9.43. The fraction of sp³-hybridized carbons (Fsp3) is 0.364. The molecule has 1 heterocycles. The highest BCUT2D eigenvalue weighted by Crippen LogP contribution is 2.40. The number of methoxy groups -OCH3 is 1. The van der Waals surface area contributed by atoms with E-state index in [2.05, 4.69) is 5.10 Å². The highest BCUT2D eigenvalue weighted by Gasteiger charge is 2.30. The lowest BCUT2D eigenvalue weighted by molar-refractivity contribution is 0.0397. The van der Waals surface area contributed by atoms with E-state index in [9.17, 15) is 5.11 Å². The Morgan fingerprint density at radius 3 is 2.59 bits per heavy atom. The number of aliphatic hydroxyl groups excluding tert-OH is 1. The summed E-state index contributed by atoms with van der Waals surface area (Å²) in [6.45, 7) is 0.729. The molecule has 1 N–H and O–H groups in total. The number of thioether (sulfide) groups is 1. The van der Waals surface area contributed by atoms with E-state index >= 15 is 0 Å². The van der Waals surface area contributed by atoms with Gasteiger partial charge in [0.15, 0.2) is 0 Å². The molecule has 7 heteroatoms. The Labute approximate surface area is 174 Å². The van der Waals surface area contributed by atoms with Crippen molar-refractivity contribution >= 4 is 11.8 Å². The monoisotopic (exact) mass is 411 g/mol. The van der Waals surface area contributed by atoms with Gasteiger partial charge in [-0.3, -0.25) is 0 Å². The average molecular weight is 412 g/mol. The molecule has 1 saturated carbocycles. The first-order chi connectivity index (χ1) is 14.2. The Hall–Kier alpha value is -2.35. The molecule has 1 aliphatic carbocycles. The molecule has 29 heavy (non-hydrogen) atoms. The minimum atomic E-state index is -0.578. The molecule has 0 aliphatic heterocycles. The van der Waals surface area contributed by atoms with E-state index < -0.39 is 6.10 Å². The quantitative estimate of drug-likeness (QED) is 0.512. The summed E-state index contributed by atoms with van der Waals surface area (Å²) in [5.41, 5.74) is 2.07. The van der Waals surface area contributed by atoms with Gasteiger partial charge in [0.05, 0.1) is 32.1 Å². The molecule has 2 aromatic carbocycles. The smallest absolute Gasteiger partial charge is 0.209 e. The van der Waals surface area contributed by atoms with Crippen LogP contribution in [0.1, 0.15) is 30.1 Å². The molecule has 0 spiro atoms. The van der Waals surface area contributed by atoms with Crippen molar-refractivity contribution in [2.45, 2.75) is 36.6 Å². The number of hydrogen-bond donors (Lipinski definition) is 1. The third-order valence-corrected chi connectivity index (χ3v) is 5.68. The molecule has 1 atom stereocenters. The molecule has 3 aromatic rings. The minimum absolute atomic E-state index is 0.272. The Kier molecular flexibility index (Phi) is 6.49. The van der Waals surface area contributed by atoms with Crippen LogP contribution in [0.15, 0.2) is 59.8 Å². The van der Waals surface area contributed by atoms with Gasteiger partial charge in [-0.2, -0.15) is 0 Å². The van der Waals surface area contributed by atoms with E-state index in [0.717, 1.165) is 35.7 Å². The first-order valence-electron chi connectivity index (χ1n) is 9.77. The summed E-state index contributed by atoms with van der Waals surface area (Å²) in [4.78, 5) is 4.72. The second-order valence-corrected chi connectivity index (χ2v) is 8.09. The summed E-state index contributed by atoms with van der Waals surface area (Å²) in [5, 5.41) is 15.6. The molecule has 1 fully saturated rings. The topological polar surface area (TPSA) is 69.4 Å². The molecule has 6 nitrogen and oxygen atoms in total. The molecule has 0 radical (unpaired) electrons. The maximum atomic E-state index is 10.3. The molecular weight excluding hydrogens is 386 g/mol. The van der Waals surface area contributed by atoms with Gasteiger partial charge in [-0.05, 0) is 42.7 Å². The molecule has 0 saturated heterocycles. The predicted molar refractivity (Wildman–Crippen MR) is 113 cm³/mol. The highest BCUT2D eigenvalue weighted by atomic mass is 32.2. The minimum Gasteiger partial charge on any atom is -0.497 e. The van der Waals surface area contributed by atoms with Crippen LogP contribution in [0.4, 0.5) is 0 Å². The third kappa shape index (κ3) is 5.38. The van der Waals surface area contributed by atoms with E-state index in [-0.39, 0.29) is 6.61 Å². The maximum absolute atomic E-state index is 10.3. The molecule has 4 rings (SSSR count). The van der Waals surface area contributed by atoms with Crippen molar-refractivity contribution < 1.29 is 14.6 Å². The van der Waals surface area contributed by atoms with Crippen molar-refractivity contribution in [1.29, 1.82) is 0 Å². The number of rotatable bonds is 10. The third-order valence-electron chi connectivity index (χ3n) is 4.70. The average Bonchev–Trinajstić information content (AvgIpc) is 3.52. The van der Waals surface area contributed by atoms with Crippen LogP contribution >= 0.6 is 11.8 Å². The van der Waals surface area contributed by atoms with Crippen LogP contribution in [0.5, 0.6) is 5.75 Å². The number of nitrogens with zero attached hydrogens (tertiary/aromatic N) is 3. The van der Waals surface area contributed by atoms with Crippen LogP contribution in [-0.4, -0.2) is 45.4 Å². The predicted octanol–water partition coefficient (Wildman–Crippen LogP) is 3.82.